The van der Waals surface area contributed by atoms with E-state index in [0.717, 1.165) is 31.8 Å². The van der Waals surface area contributed by atoms with Gasteiger partial charge in [0, 0.05) is 19.6 Å². The van der Waals surface area contributed by atoms with Crippen LogP contribution >= 0.6 is 0 Å². The first-order valence-corrected chi connectivity index (χ1v) is 7.69. The molecule has 1 rings (SSSR count). The number of carboxylic acids is 1. The molecule has 0 spiro atoms. The molecule has 1 aliphatic heterocycles. The van der Waals surface area contributed by atoms with Gasteiger partial charge in [0.25, 0.3) is 0 Å². The third-order valence-electron chi connectivity index (χ3n) is 3.76. The number of hydrogen-bond acceptors (Lipinski definition) is 2. The van der Waals surface area contributed by atoms with Gasteiger partial charge < -0.3 is 14.9 Å². The Labute approximate surface area is 121 Å². The highest BCUT2D eigenvalue weighted by Gasteiger charge is 2.27. The Hall–Kier alpha value is -1.26. The molecule has 1 N–H and O–H groups in total. The normalized spacial score (nSPS) is 16.5. The minimum Gasteiger partial charge on any atom is -0.480 e. The van der Waals surface area contributed by atoms with Gasteiger partial charge in [0.2, 0.25) is 0 Å². The second-order valence-electron chi connectivity index (χ2n) is 6.17. The van der Waals surface area contributed by atoms with E-state index in [0.29, 0.717) is 6.54 Å². The van der Waals surface area contributed by atoms with Crippen molar-refractivity contribution < 1.29 is 14.7 Å². The second-order valence-corrected chi connectivity index (χ2v) is 6.17. The average Bonchev–Trinajstić information content (AvgIpc) is 2.37. The molecule has 0 bridgehead atoms. The summed E-state index contributed by atoms with van der Waals surface area (Å²) in [7, 11) is 0. The van der Waals surface area contributed by atoms with E-state index < -0.39 is 5.97 Å². The van der Waals surface area contributed by atoms with Gasteiger partial charge in [0.15, 0.2) is 0 Å². The summed E-state index contributed by atoms with van der Waals surface area (Å²) in [5.74, 6) is 0.0536. The Bertz CT molecular complexity index is 323. The van der Waals surface area contributed by atoms with Crippen LogP contribution in [0.2, 0.25) is 0 Å². The van der Waals surface area contributed by atoms with Crippen LogP contribution < -0.4 is 0 Å². The van der Waals surface area contributed by atoms with Crippen molar-refractivity contribution in [2.24, 2.45) is 11.8 Å². The molecule has 1 heterocycles. The van der Waals surface area contributed by atoms with Crippen molar-refractivity contribution in [3.05, 3.63) is 0 Å². The zero-order chi connectivity index (χ0) is 15.1. The maximum absolute atomic E-state index is 12.4. The second kappa shape index (κ2) is 8.12. The highest BCUT2D eigenvalue weighted by molar-refractivity contribution is 5.80. The lowest BCUT2D eigenvalue weighted by molar-refractivity contribution is -0.137. The number of carbonyl (C=O) groups is 2. The van der Waals surface area contributed by atoms with Crippen molar-refractivity contribution in [1.29, 1.82) is 0 Å². The van der Waals surface area contributed by atoms with Gasteiger partial charge in [-0.2, -0.15) is 0 Å². The summed E-state index contributed by atoms with van der Waals surface area (Å²) in [5, 5.41) is 8.94. The fourth-order valence-electron chi connectivity index (χ4n) is 2.84. The van der Waals surface area contributed by atoms with E-state index in [-0.39, 0.29) is 18.5 Å². The molecule has 0 radical (unpaired) electrons. The van der Waals surface area contributed by atoms with E-state index in [1.807, 2.05) is 18.7 Å². The van der Waals surface area contributed by atoms with Crippen LogP contribution in [0.1, 0.15) is 46.5 Å². The summed E-state index contributed by atoms with van der Waals surface area (Å²) in [4.78, 5) is 26.6. The minimum absolute atomic E-state index is 0.115. The first-order valence-electron chi connectivity index (χ1n) is 7.69. The third kappa shape index (κ3) is 5.39. The summed E-state index contributed by atoms with van der Waals surface area (Å²) in [6, 6.07) is -0.115. The van der Waals surface area contributed by atoms with Crippen LogP contribution in [0, 0.1) is 11.8 Å². The monoisotopic (exact) mass is 284 g/mol. The van der Waals surface area contributed by atoms with Gasteiger partial charge in [-0.05, 0) is 24.7 Å². The van der Waals surface area contributed by atoms with Crippen LogP contribution in [-0.2, 0) is 4.79 Å². The quantitative estimate of drug-likeness (QED) is 0.815. The lowest BCUT2D eigenvalue weighted by Crippen LogP contribution is -2.49. The van der Waals surface area contributed by atoms with Crippen LogP contribution in [0.5, 0.6) is 0 Å². The fraction of sp³-hybridized carbons (Fsp3) is 0.867. The molecule has 5 heteroatoms. The molecule has 5 nitrogen and oxygen atoms in total. The molecule has 0 aromatic carbocycles. The highest BCUT2D eigenvalue weighted by Crippen LogP contribution is 2.22. The topological polar surface area (TPSA) is 60.9 Å². The van der Waals surface area contributed by atoms with Gasteiger partial charge in [-0.1, -0.05) is 33.6 Å². The number of piperidine rings is 1. The lowest BCUT2D eigenvalue weighted by Gasteiger charge is -2.35. The molecule has 0 aromatic rings. The number of carboxylic acid groups (broad SMARTS) is 1. The Morgan fingerprint density at radius 1 is 1.30 bits per heavy atom. The molecule has 0 aliphatic carbocycles. The van der Waals surface area contributed by atoms with Crippen molar-refractivity contribution in [3.63, 3.8) is 0 Å². The van der Waals surface area contributed by atoms with Crippen molar-refractivity contribution in [1.82, 2.24) is 9.80 Å². The molecule has 20 heavy (non-hydrogen) atoms. The van der Waals surface area contributed by atoms with E-state index in [2.05, 4.69) is 6.92 Å². The Morgan fingerprint density at radius 3 is 2.35 bits per heavy atom. The smallest absolute Gasteiger partial charge is 0.323 e. The Morgan fingerprint density at radius 2 is 1.90 bits per heavy atom. The van der Waals surface area contributed by atoms with Gasteiger partial charge in [-0.25, -0.2) is 4.79 Å². The van der Waals surface area contributed by atoms with Crippen LogP contribution in [0.15, 0.2) is 0 Å². The predicted octanol–water partition coefficient (Wildman–Crippen LogP) is 2.66. The number of aliphatic carboxylic acids is 1. The summed E-state index contributed by atoms with van der Waals surface area (Å²) < 4.78 is 0. The standard InChI is InChI=1S/C15H28N2O3/c1-4-5-13-6-8-16(9-7-13)15(20)17(10-12(2)3)11-14(18)19/h12-13H,4-11H2,1-3H3,(H,18,19). The summed E-state index contributed by atoms with van der Waals surface area (Å²) in [6.45, 7) is 8.00. The van der Waals surface area contributed by atoms with Crippen LogP contribution in [0.25, 0.3) is 0 Å². The maximum Gasteiger partial charge on any atom is 0.323 e. The van der Waals surface area contributed by atoms with Crippen LogP contribution in [-0.4, -0.2) is 53.1 Å². The molecule has 1 fully saturated rings. The molecule has 116 valence electrons. The number of amides is 2. The number of urea groups is 1. The maximum atomic E-state index is 12.4. The lowest BCUT2D eigenvalue weighted by atomic mass is 9.93. The van der Waals surface area contributed by atoms with E-state index in [1.165, 1.54) is 17.7 Å². The molecular weight excluding hydrogens is 256 g/mol. The van der Waals surface area contributed by atoms with Gasteiger partial charge in [-0.15, -0.1) is 0 Å². The van der Waals surface area contributed by atoms with Gasteiger partial charge in [0.05, 0.1) is 0 Å². The van der Waals surface area contributed by atoms with Gasteiger partial charge >= 0.3 is 12.0 Å². The van der Waals surface area contributed by atoms with E-state index >= 15 is 0 Å². The first kappa shape index (κ1) is 16.8. The number of likely N-dealkylation sites (tertiary alicyclic amines) is 1. The molecule has 0 atom stereocenters. The first-order chi connectivity index (χ1) is 9.43. The van der Waals surface area contributed by atoms with Crippen molar-refractivity contribution >= 4 is 12.0 Å². The van der Waals surface area contributed by atoms with Crippen molar-refractivity contribution in [2.45, 2.75) is 46.5 Å². The largest absolute Gasteiger partial charge is 0.480 e. The predicted molar refractivity (Wildman–Crippen MR) is 78.6 cm³/mol. The SMILES string of the molecule is CCCC1CCN(C(=O)N(CC(=O)O)CC(C)C)CC1. The van der Waals surface area contributed by atoms with E-state index in [1.54, 1.807) is 0 Å². The van der Waals surface area contributed by atoms with Crippen molar-refractivity contribution in [2.75, 3.05) is 26.2 Å². The fourth-order valence-corrected chi connectivity index (χ4v) is 2.84. The van der Waals surface area contributed by atoms with Gasteiger partial charge in [-0.3, -0.25) is 4.79 Å². The summed E-state index contributed by atoms with van der Waals surface area (Å²) in [6.07, 6.45) is 4.51. The minimum atomic E-state index is -0.945. The molecule has 0 aromatic heterocycles. The highest BCUT2D eigenvalue weighted by atomic mass is 16.4. The summed E-state index contributed by atoms with van der Waals surface area (Å²) >= 11 is 0. The van der Waals surface area contributed by atoms with Crippen LogP contribution in [0.3, 0.4) is 0 Å². The number of hydrogen-bond donors (Lipinski definition) is 1. The Kier molecular flexibility index (Phi) is 6.82. The van der Waals surface area contributed by atoms with Crippen LogP contribution in [0.4, 0.5) is 4.79 Å². The molecule has 0 saturated carbocycles. The average molecular weight is 284 g/mol. The van der Waals surface area contributed by atoms with E-state index in [9.17, 15) is 9.59 Å². The Balaban J connectivity index is 2.54. The molecule has 1 saturated heterocycles. The zero-order valence-electron chi connectivity index (χ0n) is 13.0. The zero-order valence-corrected chi connectivity index (χ0v) is 13.0. The number of carbonyl (C=O) groups excluding carboxylic acids is 1. The number of nitrogens with zero attached hydrogens (tertiary/aromatic N) is 2. The van der Waals surface area contributed by atoms with E-state index in [4.69, 9.17) is 5.11 Å². The summed E-state index contributed by atoms with van der Waals surface area (Å²) in [5.41, 5.74) is 0. The number of rotatable bonds is 6. The molecule has 0 unspecified atom stereocenters. The molecular formula is C15H28N2O3. The molecule has 1 aliphatic rings. The molecule has 2 amide bonds. The third-order valence-corrected chi connectivity index (χ3v) is 3.76. The van der Waals surface area contributed by atoms with Crippen molar-refractivity contribution in [3.8, 4) is 0 Å². The van der Waals surface area contributed by atoms with Gasteiger partial charge in [0.1, 0.15) is 6.54 Å².